The zero-order valence-electron chi connectivity index (χ0n) is 6.43. The minimum absolute atomic E-state index is 0. The molecule has 0 aliphatic rings. The molecule has 0 bridgehead atoms. The SMILES string of the molecule is C.NCCc1ccc(O)c(O)c1.[Pt]. The Hall–Kier alpha value is -0.532. The average molecular weight is 364 g/mol. The molecular formula is C9H15NO2Pt. The summed E-state index contributed by atoms with van der Waals surface area (Å²) in [4.78, 5) is 0. The molecule has 0 heterocycles. The maximum atomic E-state index is 9.04. The number of rotatable bonds is 2. The fourth-order valence-electron chi connectivity index (χ4n) is 0.891. The summed E-state index contributed by atoms with van der Waals surface area (Å²) in [7, 11) is 0. The molecule has 0 spiro atoms. The van der Waals surface area contributed by atoms with Gasteiger partial charge in [0.1, 0.15) is 0 Å². The van der Waals surface area contributed by atoms with Crippen molar-refractivity contribution in [2.75, 3.05) is 6.54 Å². The van der Waals surface area contributed by atoms with Gasteiger partial charge in [0, 0.05) is 21.1 Å². The minimum Gasteiger partial charge on any atom is -0.504 e. The average Bonchev–Trinajstić information content (AvgIpc) is 1.98. The van der Waals surface area contributed by atoms with Gasteiger partial charge in [-0.05, 0) is 30.7 Å². The van der Waals surface area contributed by atoms with Gasteiger partial charge in [-0.3, -0.25) is 0 Å². The van der Waals surface area contributed by atoms with Crippen LogP contribution in [0.5, 0.6) is 11.5 Å². The first-order valence-corrected chi connectivity index (χ1v) is 3.45. The predicted molar refractivity (Wildman–Crippen MR) is 49.3 cm³/mol. The summed E-state index contributed by atoms with van der Waals surface area (Å²) >= 11 is 0. The predicted octanol–water partition coefficient (Wildman–Crippen LogP) is 1.23. The van der Waals surface area contributed by atoms with Crippen LogP contribution in [0, 0.1) is 0 Å². The Morgan fingerprint density at radius 3 is 2.23 bits per heavy atom. The molecule has 3 nitrogen and oxygen atoms in total. The summed E-state index contributed by atoms with van der Waals surface area (Å²) in [5.74, 6) is -0.179. The number of hydrogen-bond acceptors (Lipinski definition) is 3. The molecule has 78 valence electrons. The third-order valence-electron chi connectivity index (χ3n) is 1.47. The van der Waals surface area contributed by atoms with Crippen LogP contribution in [0.1, 0.15) is 13.0 Å². The monoisotopic (exact) mass is 364 g/mol. The van der Waals surface area contributed by atoms with Gasteiger partial charge in [0.2, 0.25) is 0 Å². The maximum Gasteiger partial charge on any atom is 0.157 e. The van der Waals surface area contributed by atoms with Crippen LogP contribution >= 0.6 is 0 Å². The molecule has 0 fully saturated rings. The van der Waals surface area contributed by atoms with Gasteiger partial charge >= 0.3 is 0 Å². The van der Waals surface area contributed by atoms with Gasteiger partial charge in [0.05, 0.1) is 0 Å². The quantitative estimate of drug-likeness (QED) is 0.692. The topological polar surface area (TPSA) is 66.5 Å². The second-order valence-corrected chi connectivity index (χ2v) is 2.36. The number of benzene rings is 1. The van der Waals surface area contributed by atoms with E-state index in [9.17, 15) is 0 Å². The minimum atomic E-state index is -0.0919. The Bertz CT molecular complexity index is 253. The van der Waals surface area contributed by atoms with Crippen LogP contribution in [0.3, 0.4) is 0 Å². The largest absolute Gasteiger partial charge is 0.504 e. The number of aromatic hydroxyl groups is 2. The summed E-state index contributed by atoms with van der Waals surface area (Å²) in [5, 5.41) is 18.0. The Morgan fingerprint density at radius 1 is 1.15 bits per heavy atom. The van der Waals surface area contributed by atoms with Gasteiger partial charge in [0.15, 0.2) is 11.5 Å². The molecule has 1 aromatic rings. The molecule has 1 rings (SSSR count). The summed E-state index contributed by atoms with van der Waals surface area (Å²) in [6.45, 7) is 0.546. The smallest absolute Gasteiger partial charge is 0.157 e. The number of phenolic OH excluding ortho intramolecular Hbond substituents is 2. The van der Waals surface area contributed by atoms with Crippen molar-refractivity contribution in [3.05, 3.63) is 23.8 Å². The van der Waals surface area contributed by atoms with E-state index in [1.165, 1.54) is 12.1 Å². The molecule has 0 amide bonds. The molecule has 0 aromatic heterocycles. The van der Waals surface area contributed by atoms with Crippen LogP contribution in [0.4, 0.5) is 0 Å². The molecule has 0 atom stereocenters. The van der Waals surface area contributed by atoms with Gasteiger partial charge < -0.3 is 15.9 Å². The van der Waals surface area contributed by atoms with Gasteiger partial charge in [-0.15, -0.1) is 0 Å². The number of phenols is 2. The van der Waals surface area contributed by atoms with Crippen LogP contribution in [-0.2, 0) is 27.5 Å². The van der Waals surface area contributed by atoms with Crippen molar-refractivity contribution in [3.8, 4) is 11.5 Å². The van der Waals surface area contributed by atoms with Gasteiger partial charge in [-0.25, -0.2) is 0 Å². The number of nitrogens with two attached hydrogens (primary N) is 1. The van der Waals surface area contributed by atoms with Gasteiger partial charge in [-0.2, -0.15) is 0 Å². The van der Waals surface area contributed by atoms with E-state index in [0.29, 0.717) is 13.0 Å². The Kier molecular flexibility index (Phi) is 7.98. The van der Waals surface area contributed by atoms with E-state index >= 15 is 0 Å². The van der Waals surface area contributed by atoms with E-state index in [1.807, 2.05) is 0 Å². The maximum absolute atomic E-state index is 9.04. The van der Waals surface area contributed by atoms with Gasteiger partial charge in [-0.1, -0.05) is 13.5 Å². The second kappa shape index (κ2) is 6.93. The van der Waals surface area contributed by atoms with Crippen molar-refractivity contribution in [1.82, 2.24) is 0 Å². The Morgan fingerprint density at radius 2 is 1.77 bits per heavy atom. The van der Waals surface area contributed by atoms with Crippen molar-refractivity contribution in [2.45, 2.75) is 13.8 Å². The second-order valence-electron chi connectivity index (χ2n) is 2.36. The van der Waals surface area contributed by atoms with E-state index in [0.717, 1.165) is 5.56 Å². The molecule has 0 aliphatic heterocycles. The van der Waals surface area contributed by atoms with Crippen molar-refractivity contribution in [1.29, 1.82) is 0 Å². The zero-order chi connectivity index (χ0) is 8.27. The molecule has 0 radical (unpaired) electrons. The van der Waals surface area contributed by atoms with Crippen molar-refractivity contribution in [2.24, 2.45) is 5.73 Å². The molecule has 0 saturated carbocycles. The number of hydrogen-bond donors (Lipinski definition) is 3. The van der Waals surface area contributed by atoms with E-state index in [2.05, 4.69) is 0 Å². The molecule has 0 saturated heterocycles. The molecule has 4 heteroatoms. The van der Waals surface area contributed by atoms with Crippen LogP contribution < -0.4 is 5.73 Å². The molecule has 0 unspecified atom stereocenters. The normalized spacial score (nSPS) is 8.38. The van der Waals surface area contributed by atoms with Crippen LogP contribution in [0.15, 0.2) is 18.2 Å². The molecule has 4 N–H and O–H groups in total. The first-order valence-electron chi connectivity index (χ1n) is 3.45. The van der Waals surface area contributed by atoms with E-state index in [-0.39, 0.29) is 40.0 Å². The van der Waals surface area contributed by atoms with E-state index in [1.54, 1.807) is 6.07 Å². The summed E-state index contributed by atoms with van der Waals surface area (Å²) in [6, 6.07) is 4.71. The standard InChI is InChI=1S/C8H11NO2.CH4.Pt/c9-4-3-6-1-2-7(10)8(11)5-6;;/h1-2,5,10-11H,3-4,9H2;1H4;. The first kappa shape index (κ1) is 15.0. The molecular weight excluding hydrogens is 349 g/mol. The van der Waals surface area contributed by atoms with Crippen LogP contribution in [0.2, 0.25) is 0 Å². The summed E-state index contributed by atoms with van der Waals surface area (Å²) in [5.41, 5.74) is 6.24. The first-order chi connectivity index (χ1) is 5.24. The molecule has 13 heavy (non-hydrogen) atoms. The van der Waals surface area contributed by atoms with Crippen molar-refractivity contribution >= 4 is 0 Å². The van der Waals surface area contributed by atoms with Crippen molar-refractivity contribution < 1.29 is 31.3 Å². The van der Waals surface area contributed by atoms with Crippen LogP contribution in [0.25, 0.3) is 0 Å². The summed E-state index contributed by atoms with van der Waals surface area (Å²) < 4.78 is 0. The zero-order valence-corrected chi connectivity index (χ0v) is 8.71. The molecule has 1 aromatic carbocycles. The third-order valence-corrected chi connectivity index (χ3v) is 1.47. The van der Waals surface area contributed by atoms with E-state index < -0.39 is 0 Å². The Labute approximate surface area is 92.8 Å². The Balaban J connectivity index is 0. The van der Waals surface area contributed by atoms with Crippen LogP contribution in [-0.4, -0.2) is 16.8 Å². The fourth-order valence-corrected chi connectivity index (χ4v) is 0.891. The van der Waals surface area contributed by atoms with Crippen molar-refractivity contribution in [3.63, 3.8) is 0 Å². The molecule has 0 aliphatic carbocycles. The fraction of sp³-hybridized carbons (Fsp3) is 0.333. The third kappa shape index (κ3) is 4.30. The summed E-state index contributed by atoms with van der Waals surface area (Å²) in [6.07, 6.45) is 0.716. The van der Waals surface area contributed by atoms with E-state index in [4.69, 9.17) is 15.9 Å². The van der Waals surface area contributed by atoms with Gasteiger partial charge in [0.25, 0.3) is 0 Å².